The summed E-state index contributed by atoms with van der Waals surface area (Å²) in [6.45, 7) is 0. The van der Waals surface area contributed by atoms with Crippen LogP contribution in [0.1, 0.15) is 42.5 Å². The smallest absolute Gasteiger partial charge is 0.257 e. The molecule has 4 rings (SSSR count). The van der Waals surface area contributed by atoms with E-state index in [1.807, 2.05) is 0 Å². The first-order valence-corrected chi connectivity index (χ1v) is 10.9. The van der Waals surface area contributed by atoms with Crippen molar-refractivity contribution >= 4 is 39.3 Å². The van der Waals surface area contributed by atoms with Gasteiger partial charge in [0.1, 0.15) is 11.8 Å². The molecule has 2 aromatic rings. The number of ether oxygens (including phenoxy) is 1. The highest BCUT2D eigenvalue weighted by Crippen LogP contribution is 2.33. The molecule has 0 aromatic heterocycles. The summed E-state index contributed by atoms with van der Waals surface area (Å²) in [4.78, 5) is 42.4. The minimum absolute atomic E-state index is 0.00723. The standard InChI is InChI=1S/C23H23BrN2O4/c1-30-19-12-6-15(7-13-19)22(28)25(17-4-2-3-5-17)20-14-21(27)26(23(20)29)18-10-8-16(24)9-11-18/h6-13,17,20H,2-5,14H2,1H3. The molecule has 3 amide bonds. The normalized spacial score (nSPS) is 19.4. The van der Waals surface area contributed by atoms with Crippen LogP contribution in [-0.2, 0) is 9.59 Å². The van der Waals surface area contributed by atoms with Crippen molar-refractivity contribution in [3.63, 3.8) is 0 Å². The second-order valence-electron chi connectivity index (χ2n) is 7.64. The van der Waals surface area contributed by atoms with Crippen molar-refractivity contribution in [3.05, 3.63) is 58.6 Å². The lowest BCUT2D eigenvalue weighted by Crippen LogP contribution is -2.50. The predicted molar refractivity (Wildman–Crippen MR) is 116 cm³/mol. The Bertz CT molecular complexity index is 952. The summed E-state index contributed by atoms with van der Waals surface area (Å²) in [5.41, 5.74) is 1.02. The number of hydrogen-bond donors (Lipinski definition) is 0. The second-order valence-corrected chi connectivity index (χ2v) is 8.56. The second kappa shape index (κ2) is 8.60. The molecule has 0 bridgehead atoms. The Kier molecular flexibility index (Phi) is 5.90. The van der Waals surface area contributed by atoms with Gasteiger partial charge in [-0.3, -0.25) is 14.4 Å². The van der Waals surface area contributed by atoms with Gasteiger partial charge in [0.2, 0.25) is 5.91 Å². The Morgan fingerprint density at radius 1 is 1.03 bits per heavy atom. The fourth-order valence-electron chi connectivity index (χ4n) is 4.32. The molecular formula is C23H23BrN2O4. The van der Waals surface area contributed by atoms with Gasteiger partial charge >= 0.3 is 0 Å². The largest absolute Gasteiger partial charge is 0.497 e. The number of halogens is 1. The summed E-state index contributed by atoms with van der Waals surface area (Å²) in [5, 5.41) is 0. The SMILES string of the molecule is COc1ccc(C(=O)N(C2CCCC2)C2CC(=O)N(c3ccc(Br)cc3)C2=O)cc1. The molecule has 1 atom stereocenters. The molecule has 2 aromatic carbocycles. The summed E-state index contributed by atoms with van der Waals surface area (Å²) in [6, 6.07) is 13.1. The molecule has 0 N–H and O–H groups in total. The maximum atomic E-state index is 13.5. The Labute approximate surface area is 183 Å². The third kappa shape index (κ3) is 3.86. The molecule has 2 aliphatic rings. The minimum atomic E-state index is -0.779. The lowest BCUT2D eigenvalue weighted by Gasteiger charge is -2.33. The molecule has 1 saturated heterocycles. The third-order valence-electron chi connectivity index (χ3n) is 5.83. The lowest BCUT2D eigenvalue weighted by atomic mass is 10.1. The first kappa shape index (κ1) is 20.6. The zero-order valence-electron chi connectivity index (χ0n) is 16.7. The number of methoxy groups -OCH3 is 1. The topological polar surface area (TPSA) is 66.9 Å². The zero-order valence-corrected chi connectivity index (χ0v) is 18.3. The van der Waals surface area contributed by atoms with Gasteiger partial charge in [-0.15, -0.1) is 0 Å². The van der Waals surface area contributed by atoms with Crippen LogP contribution in [0.5, 0.6) is 5.75 Å². The number of anilines is 1. The van der Waals surface area contributed by atoms with Gasteiger partial charge < -0.3 is 9.64 Å². The monoisotopic (exact) mass is 470 g/mol. The molecule has 1 aliphatic heterocycles. The summed E-state index contributed by atoms with van der Waals surface area (Å²) >= 11 is 3.37. The van der Waals surface area contributed by atoms with E-state index >= 15 is 0 Å². The van der Waals surface area contributed by atoms with Crippen LogP contribution in [0.15, 0.2) is 53.0 Å². The van der Waals surface area contributed by atoms with Crippen molar-refractivity contribution in [3.8, 4) is 5.75 Å². The molecule has 7 heteroatoms. The maximum Gasteiger partial charge on any atom is 0.257 e. The van der Waals surface area contributed by atoms with E-state index < -0.39 is 6.04 Å². The van der Waals surface area contributed by atoms with Crippen LogP contribution < -0.4 is 9.64 Å². The summed E-state index contributed by atoms with van der Waals surface area (Å²) < 4.78 is 6.04. The lowest BCUT2D eigenvalue weighted by molar-refractivity contribution is -0.123. The molecule has 1 unspecified atom stereocenters. The van der Waals surface area contributed by atoms with E-state index in [4.69, 9.17) is 4.74 Å². The van der Waals surface area contributed by atoms with Crippen molar-refractivity contribution < 1.29 is 19.1 Å². The highest BCUT2D eigenvalue weighted by molar-refractivity contribution is 9.10. The molecule has 30 heavy (non-hydrogen) atoms. The number of benzene rings is 2. The van der Waals surface area contributed by atoms with Gasteiger partial charge in [0.15, 0.2) is 0 Å². The van der Waals surface area contributed by atoms with Crippen LogP contribution in [0.4, 0.5) is 5.69 Å². The zero-order chi connectivity index (χ0) is 21.3. The Morgan fingerprint density at radius 2 is 1.67 bits per heavy atom. The van der Waals surface area contributed by atoms with Gasteiger partial charge in [-0.05, 0) is 61.4 Å². The Hall–Kier alpha value is -2.67. The van der Waals surface area contributed by atoms with Gasteiger partial charge in [0.05, 0.1) is 19.2 Å². The Balaban J connectivity index is 1.65. The van der Waals surface area contributed by atoms with Gasteiger partial charge in [-0.25, -0.2) is 4.90 Å². The quantitative estimate of drug-likeness (QED) is 0.614. The van der Waals surface area contributed by atoms with Crippen LogP contribution >= 0.6 is 15.9 Å². The summed E-state index contributed by atoms with van der Waals surface area (Å²) in [6.07, 6.45) is 3.73. The molecule has 0 radical (unpaired) electrons. The van der Waals surface area contributed by atoms with Crippen LogP contribution in [0.25, 0.3) is 0 Å². The van der Waals surface area contributed by atoms with Gasteiger partial charge in [0, 0.05) is 16.1 Å². The predicted octanol–water partition coefficient (Wildman–Crippen LogP) is 4.17. The van der Waals surface area contributed by atoms with Crippen LogP contribution in [-0.4, -0.2) is 41.8 Å². The third-order valence-corrected chi connectivity index (χ3v) is 6.36. The number of amides is 3. The highest BCUT2D eigenvalue weighted by Gasteiger charge is 2.47. The Morgan fingerprint density at radius 3 is 2.27 bits per heavy atom. The summed E-state index contributed by atoms with van der Waals surface area (Å²) in [7, 11) is 1.57. The van der Waals surface area contributed by atoms with Gasteiger partial charge in [0.25, 0.3) is 11.8 Å². The van der Waals surface area contributed by atoms with Crippen molar-refractivity contribution in [2.45, 2.75) is 44.2 Å². The van der Waals surface area contributed by atoms with Gasteiger partial charge in [-0.2, -0.15) is 0 Å². The van der Waals surface area contributed by atoms with E-state index in [1.54, 1.807) is 60.5 Å². The van der Waals surface area contributed by atoms with Crippen LogP contribution in [0.2, 0.25) is 0 Å². The molecule has 1 saturated carbocycles. The number of carbonyl (C=O) groups excluding carboxylic acids is 3. The van der Waals surface area contributed by atoms with Crippen molar-refractivity contribution in [1.29, 1.82) is 0 Å². The molecule has 1 heterocycles. The van der Waals surface area contributed by atoms with Gasteiger partial charge in [-0.1, -0.05) is 28.8 Å². The van der Waals surface area contributed by atoms with Crippen molar-refractivity contribution in [2.24, 2.45) is 0 Å². The fraction of sp³-hybridized carbons (Fsp3) is 0.348. The average molecular weight is 471 g/mol. The van der Waals surface area contributed by atoms with E-state index in [1.165, 1.54) is 4.90 Å². The van der Waals surface area contributed by atoms with E-state index in [2.05, 4.69) is 15.9 Å². The van der Waals surface area contributed by atoms with E-state index in [0.717, 1.165) is 30.2 Å². The number of rotatable bonds is 5. The number of nitrogens with zero attached hydrogens (tertiary/aromatic N) is 2. The fourth-order valence-corrected chi connectivity index (χ4v) is 4.59. The molecule has 156 valence electrons. The molecule has 1 aliphatic carbocycles. The minimum Gasteiger partial charge on any atom is -0.497 e. The first-order chi connectivity index (χ1) is 14.5. The van der Waals surface area contributed by atoms with Crippen molar-refractivity contribution in [2.75, 3.05) is 12.0 Å². The molecular weight excluding hydrogens is 448 g/mol. The van der Waals surface area contributed by atoms with E-state index in [9.17, 15) is 14.4 Å². The van der Waals surface area contributed by atoms with Crippen LogP contribution in [0.3, 0.4) is 0 Å². The molecule has 6 nitrogen and oxygen atoms in total. The first-order valence-electron chi connectivity index (χ1n) is 10.1. The van der Waals surface area contributed by atoms with Crippen molar-refractivity contribution in [1.82, 2.24) is 4.90 Å². The molecule has 0 spiro atoms. The highest BCUT2D eigenvalue weighted by atomic mass is 79.9. The maximum absolute atomic E-state index is 13.5. The average Bonchev–Trinajstić information content (AvgIpc) is 3.38. The van der Waals surface area contributed by atoms with Crippen LogP contribution in [0, 0.1) is 0 Å². The summed E-state index contributed by atoms with van der Waals surface area (Å²) in [5.74, 6) is -0.171. The number of imide groups is 1. The number of carbonyl (C=O) groups is 3. The molecule has 2 fully saturated rings. The van der Waals surface area contributed by atoms with E-state index in [-0.39, 0.29) is 30.2 Å². The number of hydrogen-bond acceptors (Lipinski definition) is 4. The van der Waals surface area contributed by atoms with E-state index in [0.29, 0.717) is 17.0 Å².